The number of hydrogen-bond acceptors (Lipinski definition) is 6. The lowest BCUT2D eigenvalue weighted by Gasteiger charge is -2.45. The van der Waals surface area contributed by atoms with Crippen LogP contribution >= 0.6 is 0 Å². The molecule has 2 rings (SSSR count). The van der Waals surface area contributed by atoms with Crippen molar-refractivity contribution in [1.82, 2.24) is 0 Å². The highest BCUT2D eigenvalue weighted by atomic mass is 16.7. The Morgan fingerprint density at radius 2 is 1.83 bits per heavy atom. The first-order valence-corrected chi connectivity index (χ1v) is 3.51. The average molecular weight is 176 g/mol. The number of ether oxygens (including phenoxy) is 2. The van der Waals surface area contributed by atoms with E-state index in [0.29, 0.717) is 0 Å². The first-order valence-electron chi connectivity index (χ1n) is 3.51. The number of carbonyl (C=O) groups excluding carboxylic acids is 1. The Labute approximate surface area is 67.3 Å². The maximum Gasteiger partial charge on any atom is 0.339 e. The van der Waals surface area contributed by atoms with E-state index in [9.17, 15) is 9.90 Å². The fourth-order valence-corrected chi connectivity index (χ4v) is 1.30. The minimum absolute atomic E-state index is 0.620. The molecule has 6 nitrogen and oxygen atoms in total. The summed E-state index contributed by atoms with van der Waals surface area (Å²) in [6.07, 6.45) is -5.97. The van der Waals surface area contributed by atoms with Crippen molar-refractivity contribution in [1.29, 1.82) is 0 Å². The van der Waals surface area contributed by atoms with E-state index in [0.717, 1.165) is 0 Å². The highest BCUT2D eigenvalue weighted by Gasteiger charge is 2.56. The van der Waals surface area contributed by atoms with Crippen LogP contribution in [0.2, 0.25) is 0 Å². The van der Waals surface area contributed by atoms with Crippen LogP contribution in [0.4, 0.5) is 0 Å². The summed E-state index contributed by atoms with van der Waals surface area (Å²) < 4.78 is 9.14. The summed E-state index contributed by atoms with van der Waals surface area (Å²) in [6.45, 7) is 0. The topological polar surface area (TPSA) is 96.2 Å². The van der Waals surface area contributed by atoms with E-state index < -0.39 is 36.7 Å². The van der Waals surface area contributed by atoms with Crippen molar-refractivity contribution < 1.29 is 29.6 Å². The molecule has 2 aliphatic rings. The number of fused-ring (bicyclic) bond motifs is 1. The van der Waals surface area contributed by atoms with Crippen molar-refractivity contribution in [3.05, 3.63) is 0 Å². The Kier molecular flexibility index (Phi) is 1.58. The first kappa shape index (κ1) is 7.93. The van der Waals surface area contributed by atoms with E-state index >= 15 is 0 Å². The fraction of sp³-hybridized carbons (Fsp3) is 0.833. The molecule has 0 aromatic heterocycles. The van der Waals surface area contributed by atoms with Crippen LogP contribution in [-0.2, 0) is 14.3 Å². The minimum Gasteiger partial charge on any atom is -0.454 e. The summed E-state index contributed by atoms with van der Waals surface area (Å²) in [6, 6.07) is 0. The maximum atomic E-state index is 10.6. The van der Waals surface area contributed by atoms with Gasteiger partial charge in [-0.1, -0.05) is 0 Å². The molecule has 2 heterocycles. The summed E-state index contributed by atoms with van der Waals surface area (Å²) in [5, 5.41) is 27.2. The molecule has 0 radical (unpaired) electrons. The monoisotopic (exact) mass is 176 g/mol. The molecule has 2 fully saturated rings. The predicted octanol–water partition coefficient (Wildman–Crippen LogP) is -2.65. The van der Waals surface area contributed by atoms with Crippen LogP contribution < -0.4 is 0 Å². The van der Waals surface area contributed by atoms with E-state index in [4.69, 9.17) is 10.2 Å². The molecule has 0 aliphatic carbocycles. The smallest absolute Gasteiger partial charge is 0.339 e. The largest absolute Gasteiger partial charge is 0.454 e. The zero-order chi connectivity index (χ0) is 8.88. The lowest BCUT2D eigenvalue weighted by molar-refractivity contribution is -0.315. The number of carbonyl (C=O) groups is 1. The van der Waals surface area contributed by atoms with Gasteiger partial charge in [-0.15, -0.1) is 0 Å². The summed E-state index contributed by atoms with van der Waals surface area (Å²) in [4.78, 5) is 10.6. The van der Waals surface area contributed by atoms with Crippen molar-refractivity contribution in [2.45, 2.75) is 30.7 Å². The van der Waals surface area contributed by atoms with Crippen LogP contribution in [-0.4, -0.2) is 52.0 Å². The van der Waals surface area contributed by atoms with Gasteiger partial charge in [-0.3, -0.25) is 0 Å². The Bertz CT molecular complexity index is 216. The van der Waals surface area contributed by atoms with Gasteiger partial charge in [0.1, 0.15) is 12.2 Å². The lowest BCUT2D eigenvalue weighted by atomic mass is 9.95. The van der Waals surface area contributed by atoms with Crippen LogP contribution in [0.1, 0.15) is 0 Å². The van der Waals surface area contributed by atoms with E-state index in [2.05, 4.69) is 9.47 Å². The van der Waals surface area contributed by atoms with Gasteiger partial charge in [0.15, 0.2) is 18.5 Å². The molecule has 12 heavy (non-hydrogen) atoms. The Morgan fingerprint density at radius 3 is 2.42 bits per heavy atom. The summed E-state index contributed by atoms with van der Waals surface area (Å²) in [5.74, 6) is -0.620. The van der Waals surface area contributed by atoms with Crippen LogP contribution in [0.5, 0.6) is 0 Å². The van der Waals surface area contributed by atoms with Crippen LogP contribution in [0.25, 0.3) is 0 Å². The minimum atomic E-state index is -1.52. The van der Waals surface area contributed by atoms with Crippen LogP contribution in [0, 0.1) is 0 Å². The molecular formula is C6H8O6. The molecule has 68 valence electrons. The third kappa shape index (κ3) is 0.862. The number of rotatable bonds is 0. The Hall–Kier alpha value is -0.690. The zero-order valence-corrected chi connectivity index (χ0v) is 5.95. The highest BCUT2D eigenvalue weighted by Crippen LogP contribution is 2.30. The first-order chi connectivity index (χ1) is 5.61. The standard InChI is InChI=1S/C6H8O6/c7-1-2(8)5(9)12-4-3(1)11-6(4)10/h1-5,7-9H/t1-,2-,3-,4+,5-/m1/s1. The van der Waals surface area contributed by atoms with E-state index in [-0.39, 0.29) is 0 Å². The predicted molar refractivity (Wildman–Crippen MR) is 32.8 cm³/mol. The van der Waals surface area contributed by atoms with Crippen molar-refractivity contribution in [2.24, 2.45) is 0 Å². The molecule has 0 unspecified atom stereocenters. The number of esters is 1. The number of aliphatic hydroxyl groups is 3. The third-order valence-corrected chi connectivity index (χ3v) is 2.05. The molecule has 2 aliphatic heterocycles. The van der Waals surface area contributed by atoms with Crippen molar-refractivity contribution in [3.8, 4) is 0 Å². The van der Waals surface area contributed by atoms with Crippen LogP contribution in [0.15, 0.2) is 0 Å². The second kappa shape index (κ2) is 2.40. The molecule has 0 saturated carbocycles. The van der Waals surface area contributed by atoms with Crippen molar-refractivity contribution in [3.63, 3.8) is 0 Å². The second-order valence-corrected chi connectivity index (χ2v) is 2.83. The molecule has 3 N–H and O–H groups in total. The van der Waals surface area contributed by atoms with E-state index in [1.165, 1.54) is 0 Å². The summed E-state index contributed by atoms with van der Waals surface area (Å²) >= 11 is 0. The van der Waals surface area contributed by atoms with Crippen LogP contribution in [0.3, 0.4) is 0 Å². The van der Waals surface area contributed by atoms with E-state index in [1.54, 1.807) is 0 Å². The van der Waals surface area contributed by atoms with Gasteiger partial charge in [-0.05, 0) is 0 Å². The molecule has 2 saturated heterocycles. The molecule has 0 amide bonds. The lowest BCUT2D eigenvalue weighted by Crippen LogP contribution is -2.67. The van der Waals surface area contributed by atoms with Gasteiger partial charge in [0.25, 0.3) is 0 Å². The average Bonchev–Trinajstić information content (AvgIpc) is 2.05. The molecule has 0 aromatic rings. The van der Waals surface area contributed by atoms with Gasteiger partial charge >= 0.3 is 5.97 Å². The van der Waals surface area contributed by atoms with Gasteiger partial charge in [-0.25, -0.2) is 4.79 Å². The molecule has 0 spiro atoms. The summed E-state index contributed by atoms with van der Waals surface area (Å²) in [7, 11) is 0. The van der Waals surface area contributed by atoms with Gasteiger partial charge in [0.2, 0.25) is 0 Å². The second-order valence-electron chi connectivity index (χ2n) is 2.83. The van der Waals surface area contributed by atoms with E-state index in [1.807, 2.05) is 0 Å². The summed E-state index contributed by atoms with van der Waals surface area (Å²) in [5.41, 5.74) is 0. The Morgan fingerprint density at radius 1 is 1.17 bits per heavy atom. The molecular weight excluding hydrogens is 168 g/mol. The Balaban J connectivity index is 2.12. The molecule has 0 bridgehead atoms. The van der Waals surface area contributed by atoms with Crippen molar-refractivity contribution >= 4 is 5.97 Å². The zero-order valence-electron chi connectivity index (χ0n) is 5.95. The van der Waals surface area contributed by atoms with Gasteiger partial charge in [-0.2, -0.15) is 0 Å². The molecule has 6 heteroatoms. The van der Waals surface area contributed by atoms with Gasteiger partial charge in [0, 0.05) is 0 Å². The third-order valence-electron chi connectivity index (χ3n) is 2.05. The van der Waals surface area contributed by atoms with Gasteiger partial charge < -0.3 is 24.8 Å². The normalized spacial score (nSPS) is 52.2. The quantitative estimate of drug-likeness (QED) is 0.349. The SMILES string of the molecule is O=C1O[C@@H]2[C@H](O)[C@@H](O)[C@H](O)O[C@H]12. The molecule has 5 atom stereocenters. The number of aliphatic hydroxyl groups excluding tert-OH is 3. The maximum absolute atomic E-state index is 10.6. The van der Waals surface area contributed by atoms with Gasteiger partial charge in [0.05, 0.1) is 0 Å². The van der Waals surface area contributed by atoms with Crippen molar-refractivity contribution in [2.75, 3.05) is 0 Å². The highest BCUT2D eigenvalue weighted by molar-refractivity contribution is 5.81. The fourth-order valence-electron chi connectivity index (χ4n) is 1.30. The number of hydrogen-bond donors (Lipinski definition) is 3. The molecule has 0 aromatic carbocycles.